The minimum atomic E-state index is -0.965. The molecule has 7 rings (SSSR count). The number of carbonyl (C=O) groups excluding carboxylic acids is 3. The Morgan fingerprint density at radius 2 is 1.50 bits per heavy atom. The number of ether oxygens (including phenoxy) is 1. The van der Waals surface area contributed by atoms with Gasteiger partial charge in [-0.3, -0.25) is 24.8 Å². The number of carbonyl (C=O) groups is 3. The fraction of sp³-hybridized carbons (Fsp3) is 0.488. The summed E-state index contributed by atoms with van der Waals surface area (Å²) in [5.41, 5.74) is 3.98. The molecule has 4 heterocycles. The van der Waals surface area contributed by atoms with Gasteiger partial charge in [0.05, 0.1) is 17.6 Å². The second kappa shape index (κ2) is 18.4. The fourth-order valence-electron chi connectivity index (χ4n) is 8.50. The van der Waals surface area contributed by atoms with Crippen molar-refractivity contribution in [2.75, 3.05) is 37.7 Å². The minimum Gasteiger partial charge on any atom is -0.376 e. The van der Waals surface area contributed by atoms with E-state index >= 15 is 0 Å². The molecule has 0 aliphatic carbocycles. The van der Waals surface area contributed by atoms with E-state index in [1.165, 1.54) is 0 Å². The number of benzene rings is 3. The zero-order valence-electron chi connectivity index (χ0n) is 32.4. The number of hydrogen-bond acceptors (Lipinski definition) is 9. The summed E-state index contributed by atoms with van der Waals surface area (Å²) in [6.07, 6.45) is 3.09. The van der Waals surface area contributed by atoms with Gasteiger partial charge < -0.3 is 36.0 Å². The Labute approximate surface area is 328 Å². The van der Waals surface area contributed by atoms with Crippen molar-refractivity contribution in [1.82, 2.24) is 36.8 Å². The topological polar surface area (TPSA) is 173 Å². The summed E-state index contributed by atoms with van der Waals surface area (Å²) in [4.78, 5) is 43.3. The van der Waals surface area contributed by atoms with E-state index in [-0.39, 0.29) is 41.4 Å². The highest BCUT2D eigenvalue weighted by Gasteiger charge is 2.37. The van der Waals surface area contributed by atoms with E-state index in [0.717, 1.165) is 67.5 Å². The molecule has 0 spiro atoms. The molecule has 13 heteroatoms. The Kier molecular flexibility index (Phi) is 13.0. The monoisotopic (exact) mass is 764 g/mol. The highest BCUT2D eigenvalue weighted by atomic mass is 16.5. The summed E-state index contributed by atoms with van der Waals surface area (Å²) in [5.74, 6) is -0.771. The Bertz CT molecular complexity index is 1910. The molecule has 5 unspecified atom stereocenters. The molecule has 3 amide bonds. The molecular formula is C43H56N8O5. The Morgan fingerprint density at radius 1 is 0.821 bits per heavy atom. The van der Waals surface area contributed by atoms with Gasteiger partial charge in [-0.1, -0.05) is 60.7 Å². The number of fused-ring (bicyclic) bond motifs is 1. The van der Waals surface area contributed by atoms with Crippen molar-refractivity contribution in [3.8, 4) is 0 Å². The molecule has 6 atom stereocenters. The maximum atomic E-state index is 14.0. The van der Waals surface area contributed by atoms with Crippen LogP contribution in [-0.2, 0) is 14.3 Å². The average molecular weight is 765 g/mol. The van der Waals surface area contributed by atoms with Crippen molar-refractivity contribution < 1.29 is 24.2 Å². The number of hydrogen-bond donors (Lipinski definition) is 7. The number of amides is 3. The lowest BCUT2D eigenvalue weighted by Gasteiger charge is -2.40. The highest BCUT2D eigenvalue weighted by Crippen LogP contribution is 2.30. The molecule has 3 aliphatic heterocycles. The van der Waals surface area contributed by atoms with Crippen LogP contribution in [0.15, 0.2) is 78.9 Å². The first-order valence-electron chi connectivity index (χ1n) is 20.3. The fourth-order valence-corrected chi connectivity index (χ4v) is 8.50. The second-order valence-electron chi connectivity index (χ2n) is 15.6. The van der Waals surface area contributed by atoms with Crippen molar-refractivity contribution in [3.05, 3.63) is 95.7 Å². The molecule has 1 aromatic heterocycles. The molecule has 13 nitrogen and oxygen atoms in total. The molecule has 0 radical (unpaired) electrons. The number of H-pyrrole nitrogens is 1. The van der Waals surface area contributed by atoms with Crippen LogP contribution in [0.3, 0.4) is 0 Å². The van der Waals surface area contributed by atoms with Crippen LogP contribution in [0.4, 0.5) is 5.69 Å². The van der Waals surface area contributed by atoms with Crippen LogP contribution in [0.1, 0.15) is 86.1 Å². The number of aliphatic hydroxyl groups excluding tert-OH is 1. The highest BCUT2D eigenvalue weighted by molar-refractivity contribution is 6.06. The van der Waals surface area contributed by atoms with E-state index in [9.17, 15) is 19.5 Å². The number of aliphatic hydroxyl groups is 1. The molecule has 0 saturated carbocycles. The van der Waals surface area contributed by atoms with Gasteiger partial charge in [0.1, 0.15) is 18.4 Å². The van der Waals surface area contributed by atoms with Crippen molar-refractivity contribution >= 4 is 34.3 Å². The lowest BCUT2D eigenvalue weighted by molar-refractivity contribution is -0.132. The summed E-state index contributed by atoms with van der Waals surface area (Å²) in [6.45, 7) is 7.49. The molecule has 4 aromatic rings. The standard InChI is InChI=1S/C43H56N8O5/c1-27(29-10-5-3-6-11-29)45-41(53)37(31-17-21-44-22-18-31)48-43(55)39-34-26-33(15-16-35(34)49-50-39)51-23-19-32(20-24-51)38(47-40(52)36-14-9-25-56-36)42(54)46-28(2)30-12-7-4-8-13-30/h3-8,10-13,15-16,26-28,31-32,36-38,42,44,46,54H,9,14,17-25H2,1-2H3,(H,45,53)(H,47,52)(H,48,55)(H,49,50)/t27?,28-,36?,37?,38?,42?/m1/s1. The summed E-state index contributed by atoms with van der Waals surface area (Å²) in [6, 6.07) is 24.1. The van der Waals surface area contributed by atoms with Crippen molar-refractivity contribution in [2.45, 2.75) is 88.9 Å². The van der Waals surface area contributed by atoms with Crippen LogP contribution in [0.25, 0.3) is 10.9 Å². The summed E-state index contributed by atoms with van der Waals surface area (Å²) < 4.78 is 5.68. The van der Waals surface area contributed by atoms with Gasteiger partial charge in [-0.25, -0.2) is 0 Å². The van der Waals surface area contributed by atoms with Crippen molar-refractivity contribution in [1.29, 1.82) is 0 Å². The third-order valence-corrected chi connectivity index (χ3v) is 11.8. The Balaban J connectivity index is 1.03. The molecule has 56 heavy (non-hydrogen) atoms. The predicted octanol–water partition coefficient (Wildman–Crippen LogP) is 4.09. The van der Waals surface area contributed by atoms with E-state index < -0.39 is 30.3 Å². The van der Waals surface area contributed by atoms with Crippen LogP contribution in [0, 0.1) is 11.8 Å². The molecule has 0 bridgehead atoms. The molecule has 3 fully saturated rings. The van der Waals surface area contributed by atoms with E-state index in [0.29, 0.717) is 31.5 Å². The summed E-state index contributed by atoms with van der Waals surface area (Å²) in [5, 5.41) is 35.7. The number of rotatable bonds is 14. The van der Waals surface area contributed by atoms with Gasteiger partial charge in [0.2, 0.25) is 11.8 Å². The van der Waals surface area contributed by atoms with E-state index in [1.807, 2.05) is 92.7 Å². The molecule has 298 valence electrons. The Morgan fingerprint density at radius 3 is 2.16 bits per heavy atom. The zero-order valence-corrected chi connectivity index (χ0v) is 32.4. The van der Waals surface area contributed by atoms with E-state index in [2.05, 4.69) is 41.7 Å². The van der Waals surface area contributed by atoms with Crippen LogP contribution < -0.4 is 31.5 Å². The third kappa shape index (κ3) is 9.40. The number of nitrogens with one attached hydrogen (secondary N) is 6. The molecular weight excluding hydrogens is 709 g/mol. The van der Waals surface area contributed by atoms with Gasteiger partial charge in [0.25, 0.3) is 5.91 Å². The summed E-state index contributed by atoms with van der Waals surface area (Å²) >= 11 is 0. The molecule has 3 aromatic carbocycles. The first kappa shape index (κ1) is 39.4. The first-order valence-corrected chi connectivity index (χ1v) is 20.3. The molecule has 7 N–H and O–H groups in total. The predicted molar refractivity (Wildman–Crippen MR) is 216 cm³/mol. The van der Waals surface area contributed by atoms with Crippen LogP contribution >= 0.6 is 0 Å². The lowest BCUT2D eigenvalue weighted by atomic mass is 9.87. The van der Waals surface area contributed by atoms with Gasteiger partial charge in [-0.15, -0.1) is 0 Å². The van der Waals surface area contributed by atoms with Crippen LogP contribution in [-0.4, -0.2) is 90.2 Å². The van der Waals surface area contributed by atoms with E-state index in [4.69, 9.17) is 4.74 Å². The Hall–Kier alpha value is -4.82. The average Bonchev–Trinajstić information content (AvgIpc) is 3.94. The van der Waals surface area contributed by atoms with Crippen molar-refractivity contribution in [2.24, 2.45) is 11.8 Å². The minimum absolute atomic E-state index is 0.0141. The van der Waals surface area contributed by atoms with Gasteiger partial charge >= 0.3 is 0 Å². The second-order valence-corrected chi connectivity index (χ2v) is 15.6. The quantitative estimate of drug-likeness (QED) is 0.0935. The number of piperidine rings is 2. The van der Waals surface area contributed by atoms with Gasteiger partial charge in [0, 0.05) is 36.8 Å². The maximum absolute atomic E-state index is 14.0. The van der Waals surface area contributed by atoms with Gasteiger partial charge in [0.15, 0.2) is 5.69 Å². The maximum Gasteiger partial charge on any atom is 0.273 e. The SMILES string of the molecule is CC(NC(=O)C(NC(=O)c1n[nH]c2ccc(N3CCC(C(NC(=O)C4CCCO4)C(O)N[C@H](C)c4ccccc4)CC3)cc12)C1CCNCC1)c1ccccc1. The van der Waals surface area contributed by atoms with E-state index in [1.54, 1.807) is 0 Å². The van der Waals surface area contributed by atoms with Crippen LogP contribution in [0.2, 0.25) is 0 Å². The van der Waals surface area contributed by atoms with Crippen molar-refractivity contribution in [3.63, 3.8) is 0 Å². The smallest absolute Gasteiger partial charge is 0.273 e. The number of aromatic nitrogens is 2. The number of anilines is 1. The number of aromatic amines is 1. The zero-order chi connectivity index (χ0) is 39.0. The van der Waals surface area contributed by atoms with Gasteiger partial charge in [-0.2, -0.15) is 5.10 Å². The normalized spacial score (nSPS) is 20.8. The molecule has 3 aliphatic rings. The lowest BCUT2D eigenvalue weighted by Crippen LogP contribution is -2.57. The largest absolute Gasteiger partial charge is 0.376 e. The molecule has 3 saturated heterocycles. The van der Waals surface area contributed by atoms with Gasteiger partial charge in [-0.05, 0) is 107 Å². The number of nitrogens with zero attached hydrogens (tertiary/aromatic N) is 2. The summed E-state index contributed by atoms with van der Waals surface area (Å²) in [7, 11) is 0. The van der Waals surface area contributed by atoms with Crippen LogP contribution in [0.5, 0.6) is 0 Å². The first-order chi connectivity index (χ1) is 27.2. The third-order valence-electron chi connectivity index (χ3n) is 11.8.